The Bertz CT molecular complexity index is 4600. The number of ether oxygens (including phenoxy) is 3. The molecule has 0 saturated heterocycles. The van der Waals surface area contributed by atoms with Gasteiger partial charge in [0, 0.05) is 44.9 Å². The highest BCUT2D eigenvalue weighted by Crippen LogP contribution is 2.34. The Morgan fingerprint density at radius 2 is 1.32 bits per heavy atom. The van der Waals surface area contributed by atoms with E-state index >= 15 is 0 Å². The summed E-state index contributed by atoms with van der Waals surface area (Å²) in [5.74, 6) is 14.2. The predicted octanol–water partition coefficient (Wildman–Crippen LogP) is 14.3. The van der Waals surface area contributed by atoms with Crippen molar-refractivity contribution in [2.24, 2.45) is 10.2 Å². The van der Waals surface area contributed by atoms with Crippen molar-refractivity contribution in [1.82, 2.24) is 50.1 Å². The predicted molar refractivity (Wildman–Crippen MR) is 351 cm³/mol. The number of H-pyrrole nitrogens is 3. The molecule has 0 fully saturated rings. The number of carbonyl (C=O) groups excluding carboxylic acids is 2. The summed E-state index contributed by atoms with van der Waals surface area (Å²) in [7, 11) is 3.17. The number of ketones is 2. The summed E-state index contributed by atoms with van der Waals surface area (Å²) in [4.78, 5) is 38.3. The molecule has 0 aliphatic carbocycles. The van der Waals surface area contributed by atoms with Crippen LogP contribution in [0.3, 0.4) is 0 Å². The summed E-state index contributed by atoms with van der Waals surface area (Å²) >= 11 is 3.99. The highest BCUT2D eigenvalue weighted by Gasteiger charge is 2.19. The van der Waals surface area contributed by atoms with E-state index in [1.165, 1.54) is 52.4 Å². The number of para-hydroxylation sites is 1. The molecule has 4 N–H and O–H groups in total. The van der Waals surface area contributed by atoms with Gasteiger partial charge >= 0.3 is 0 Å². The van der Waals surface area contributed by atoms with Gasteiger partial charge in [-0.05, 0) is 116 Å². The van der Waals surface area contributed by atoms with Crippen LogP contribution in [0, 0.1) is 11.8 Å². The second-order valence-electron chi connectivity index (χ2n) is 19.6. The summed E-state index contributed by atoms with van der Waals surface area (Å²) in [5.41, 5.74) is 7.56. The van der Waals surface area contributed by atoms with Crippen molar-refractivity contribution < 1.29 is 42.2 Å². The van der Waals surface area contributed by atoms with Crippen molar-refractivity contribution in [2.75, 3.05) is 31.5 Å². The van der Waals surface area contributed by atoms with E-state index in [2.05, 4.69) is 104 Å². The Balaban J connectivity index is 0.000000149. The van der Waals surface area contributed by atoms with Gasteiger partial charge < -0.3 is 37.6 Å². The van der Waals surface area contributed by atoms with Crippen molar-refractivity contribution in [3.05, 3.63) is 193 Å². The number of benzene rings is 5. The van der Waals surface area contributed by atoms with Gasteiger partial charge in [-0.1, -0.05) is 98.0 Å². The molecule has 0 radical (unpaired) electrons. The molecule has 1 aliphatic heterocycles. The molecule has 0 unspecified atom stereocenters. The first-order chi connectivity index (χ1) is 43.4. The van der Waals surface area contributed by atoms with Crippen molar-refractivity contribution >= 4 is 79.4 Å². The lowest BCUT2D eigenvalue weighted by Gasteiger charge is -2.08. The third-order valence-corrected chi connectivity index (χ3v) is 16.0. The molecule has 21 nitrogen and oxygen atoms in total. The molecule has 12 aromatic rings. The highest BCUT2D eigenvalue weighted by molar-refractivity contribution is 8.14. The molecule has 90 heavy (non-hydrogen) atoms. The minimum absolute atomic E-state index is 0. The molecule has 0 saturated carbocycles. The number of hydrogen-bond acceptors (Lipinski definition) is 20. The molecule has 0 amide bonds. The number of thioether (sulfide) groups is 3. The molecule has 454 valence electrons. The van der Waals surface area contributed by atoms with Crippen molar-refractivity contribution in [2.45, 2.75) is 44.6 Å². The molecule has 7 aromatic heterocycles. The monoisotopic (exact) mass is 1260 g/mol. The number of carbonyl (C=O) groups is 2. The Labute approximate surface area is 528 Å². The van der Waals surface area contributed by atoms with E-state index in [1.807, 2.05) is 103 Å². The van der Waals surface area contributed by atoms with E-state index in [0.29, 0.717) is 92.5 Å². The van der Waals surface area contributed by atoms with E-state index in [0.717, 1.165) is 61.2 Å². The third kappa shape index (κ3) is 15.9. The van der Waals surface area contributed by atoms with E-state index in [-0.39, 0.29) is 24.8 Å². The van der Waals surface area contributed by atoms with Gasteiger partial charge in [0.15, 0.2) is 46.2 Å². The third-order valence-electron chi connectivity index (χ3n) is 13.0. The molecule has 0 atom stereocenters. The Hall–Kier alpha value is -10.6. The molecule has 0 bridgehead atoms. The minimum Gasteiger partial charge on any atom is -0.512 e. The van der Waals surface area contributed by atoms with Crippen molar-refractivity contribution in [1.29, 1.82) is 0 Å². The van der Waals surface area contributed by atoms with Crippen LogP contribution in [-0.4, -0.2) is 109 Å². The fourth-order valence-corrected chi connectivity index (χ4v) is 10.6. The van der Waals surface area contributed by atoms with Gasteiger partial charge in [-0.15, -0.1) is 27.1 Å². The van der Waals surface area contributed by atoms with Crippen LogP contribution >= 0.6 is 35.3 Å². The standard InChI is InChI=1S/C24H20N6O3S.C21H16N4O2S.C20H18N2O4S.CH4/c1-16(31)13-34-24-27-23(28-29-24)22-10-9-21(33-22)18-3-2-4-20(11-18)32-12-17-5-7-19(8-6-17)30-15-25-14-26-30;1-12(26)11-28-21-23-20(24-25-21)19-9-8-18(27-19)13-6-7-15-14-4-2-3-5-16(14)22-17(15)10-13;1-13(23)12-27-20-11-16(21-22-20)17-9-7-15(26-17)6-4-14-5-8-18(24-2)19(10-14)25-3;/h2-11,14-15,31H,1,12-13H2,(H,27,28,29);2-10,22H,11H2,1H3,(H,23,24,25);5,7-10H,11-12H2,1-3H3;1H4. The van der Waals surface area contributed by atoms with Crippen LogP contribution in [0.1, 0.15) is 50.3 Å². The normalized spacial score (nSPS) is 11.5. The number of aromatic amines is 3. The molecule has 1 aliphatic rings. The van der Waals surface area contributed by atoms with Gasteiger partial charge in [-0.25, -0.2) is 9.67 Å². The number of nitrogens with zero attached hydrogens (tertiary/aromatic N) is 9. The number of aliphatic hydroxyl groups excluding tert-OH is 1. The average Bonchev–Trinajstić information content (AvgIpc) is 2.02. The first kappa shape index (κ1) is 62.4. The maximum absolute atomic E-state index is 11.1. The number of Topliss-reactive ketones (excluding diaryl/α,β-unsaturated/α-hetero) is 2. The van der Waals surface area contributed by atoms with Crippen LogP contribution in [0.2, 0.25) is 0 Å². The second-order valence-corrected chi connectivity index (χ2v) is 22.5. The van der Waals surface area contributed by atoms with Crippen LogP contribution in [0.5, 0.6) is 17.2 Å². The number of methoxy groups -OCH3 is 2. The molecular formula is C66H58N12O9S3. The number of aromatic nitrogens is 10. The Morgan fingerprint density at radius 3 is 2.01 bits per heavy atom. The van der Waals surface area contributed by atoms with Crippen molar-refractivity contribution in [3.63, 3.8) is 0 Å². The maximum Gasteiger partial charge on any atom is 0.209 e. The van der Waals surface area contributed by atoms with Crippen LogP contribution in [0.15, 0.2) is 204 Å². The first-order valence-electron chi connectivity index (χ1n) is 27.3. The van der Waals surface area contributed by atoms with Crippen LogP contribution in [0.25, 0.3) is 73.3 Å². The summed E-state index contributed by atoms with van der Waals surface area (Å²) in [6.07, 6.45) is 3.73. The van der Waals surface area contributed by atoms with E-state index < -0.39 is 0 Å². The highest BCUT2D eigenvalue weighted by atomic mass is 32.2. The Kier molecular flexibility index (Phi) is 20.4. The summed E-state index contributed by atoms with van der Waals surface area (Å²) in [5, 5.41) is 39.8. The van der Waals surface area contributed by atoms with E-state index in [4.69, 9.17) is 27.5 Å². The van der Waals surface area contributed by atoms with Gasteiger partial charge in [-0.3, -0.25) is 19.8 Å². The topological polar surface area (TPSA) is 276 Å². The zero-order valence-electron chi connectivity index (χ0n) is 48.2. The largest absolute Gasteiger partial charge is 0.512 e. The average molecular weight is 1260 g/mol. The number of fused-ring (bicyclic) bond motifs is 3. The molecular weight excluding hydrogens is 1200 g/mol. The lowest BCUT2D eigenvalue weighted by molar-refractivity contribution is -0.115. The molecule has 13 rings (SSSR count). The second kappa shape index (κ2) is 29.4. The van der Waals surface area contributed by atoms with Gasteiger partial charge in [0.2, 0.25) is 10.3 Å². The molecule has 8 heterocycles. The number of nitrogens with one attached hydrogen (secondary N) is 3. The fraction of sp³-hybridized carbons (Fsp3) is 0.152. The zero-order valence-corrected chi connectivity index (χ0v) is 50.7. The number of hydrogen-bond donors (Lipinski definition) is 4. The van der Waals surface area contributed by atoms with E-state index in [9.17, 15) is 14.7 Å². The fourth-order valence-electron chi connectivity index (χ4n) is 8.74. The van der Waals surface area contributed by atoms with Gasteiger partial charge in [0.05, 0.1) is 42.9 Å². The minimum atomic E-state index is 0. The van der Waals surface area contributed by atoms with Crippen molar-refractivity contribution in [3.8, 4) is 80.6 Å². The maximum atomic E-state index is 11.1. The quantitative estimate of drug-likeness (QED) is 0.0333. The molecule has 0 spiro atoms. The first-order valence-corrected chi connectivity index (χ1v) is 30.3. The van der Waals surface area contributed by atoms with Gasteiger partial charge in [-0.2, -0.15) is 20.2 Å². The summed E-state index contributed by atoms with van der Waals surface area (Å²) in [6.45, 7) is 6.99. The number of furan rings is 3. The SMILES string of the molecule is C.C=C(O)CSc1n[nH]c(-c2ccc(-c3cccc(OCc4ccc(-n5cncn5)cc4)c3)o2)n1.CC(=O)CSc1n[nH]c(-c2ccc(-c3ccc4c(c3)[nH]c3ccccc34)o2)n1.COc1ccc(C#Cc2ccc(C3=NN=C(SCC(C)=O)C3)o2)cc1OC. The Morgan fingerprint density at radius 1 is 0.656 bits per heavy atom. The molecule has 5 aromatic carbocycles. The van der Waals surface area contributed by atoms with Gasteiger partial charge in [0.1, 0.15) is 58.9 Å². The summed E-state index contributed by atoms with van der Waals surface area (Å²) in [6, 6.07) is 46.8. The zero-order chi connectivity index (χ0) is 61.6. The van der Waals surface area contributed by atoms with Crippen LogP contribution in [0.4, 0.5) is 0 Å². The molecule has 24 heteroatoms. The number of aliphatic hydroxyl groups is 1. The van der Waals surface area contributed by atoms with Crippen LogP contribution in [-0.2, 0) is 16.2 Å². The van der Waals surface area contributed by atoms with Gasteiger partial charge in [0.25, 0.3) is 0 Å². The lowest BCUT2D eigenvalue weighted by atomic mass is 10.1. The number of rotatable bonds is 19. The smallest absolute Gasteiger partial charge is 0.209 e. The van der Waals surface area contributed by atoms with E-state index in [1.54, 1.807) is 51.2 Å². The lowest BCUT2D eigenvalue weighted by Crippen LogP contribution is -2.03. The van der Waals surface area contributed by atoms with Crippen LogP contribution < -0.4 is 14.2 Å². The summed E-state index contributed by atoms with van der Waals surface area (Å²) < 4.78 is 35.9.